The Morgan fingerprint density at radius 2 is 2.12 bits per heavy atom. The maximum absolute atomic E-state index is 11.2. The monoisotopic (exact) mass is 260 g/mol. The van der Waals surface area contributed by atoms with Crippen molar-refractivity contribution in [2.45, 2.75) is 18.6 Å². The number of urea groups is 1. The molecule has 3 N–H and O–H groups in total. The molecule has 0 heterocycles. The van der Waals surface area contributed by atoms with Gasteiger partial charge in [0.25, 0.3) is 0 Å². The van der Waals surface area contributed by atoms with E-state index in [4.69, 9.17) is 5.11 Å². The summed E-state index contributed by atoms with van der Waals surface area (Å²) in [5.41, 5.74) is 0. The van der Waals surface area contributed by atoms with Crippen LogP contribution in [0.2, 0.25) is 0 Å². The third-order valence-corrected chi connectivity index (χ3v) is 3.09. The number of carbonyl (C=O) groups is 3. The van der Waals surface area contributed by atoms with Crippen LogP contribution in [0.4, 0.5) is 4.79 Å². The van der Waals surface area contributed by atoms with Gasteiger partial charge in [-0.3, -0.25) is 14.9 Å². The SMILES string of the molecule is C=CCNC(=O)NC(=O)CSC(CC)C(=O)O. The second-order valence-corrected chi connectivity index (χ2v) is 4.28. The van der Waals surface area contributed by atoms with Crippen molar-refractivity contribution in [1.82, 2.24) is 10.6 Å². The molecule has 0 radical (unpaired) electrons. The Balaban J connectivity index is 3.89. The summed E-state index contributed by atoms with van der Waals surface area (Å²) >= 11 is 0.992. The van der Waals surface area contributed by atoms with Crippen LogP contribution in [0.3, 0.4) is 0 Å². The van der Waals surface area contributed by atoms with Gasteiger partial charge in [-0.05, 0) is 6.42 Å². The highest BCUT2D eigenvalue weighted by molar-refractivity contribution is 8.01. The molecule has 1 atom stereocenters. The van der Waals surface area contributed by atoms with Crippen LogP contribution in [-0.4, -0.2) is 40.6 Å². The summed E-state index contributed by atoms with van der Waals surface area (Å²) in [6.45, 7) is 5.39. The average molecular weight is 260 g/mol. The fourth-order valence-electron chi connectivity index (χ4n) is 0.912. The number of imide groups is 1. The van der Waals surface area contributed by atoms with Crippen LogP contribution in [0.5, 0.6) is 0 Å². The summed E-state index contributed by atoms with van der Waals surface area (Å²) in [5, 5.41) is 12.6. The first kappa shape index (κ1) is 15.5. The molecule has 6 nitrogen and oxygen atoms in total. The zero-order valence-corrected chi connectivity index (χ0v) is 10.4. The first-order chi connectivity index (χ1) is 8.01. The van der Waals surface area contributed by atoms with Gasteiger partial charge in [0.05, 0.1) is 5.75 Å². The van der Waals surface area contributed by atoms with E-state index in [9.17, 15) is 14.4 Å². The van der Waals surface area contributed by atoms with Gasteiger partial charge < -0.3 is 10.4 Å². The quantitative estimate of drug-likeness (QED) is 0.582. The Hall–Kier alpha value is -1.50. The minimum atomic E-state index is -0.957. The van der Waals surface area contributed by atoms with Crippen LogP contribution in [-0.2, 0) is 9.59 Å². The van der Waals surface area contributed by atoms with E-state index in [1.807, 2.05) is 0 Å². The van der Waals surface area contributed by atoms with Crippen molar-refractivity contribution >= 4 is 29.7 Å². The van der Waals surface area contributed by atoms with E-state index in [2.05, 4.69) is 17.2 Å². The zero-order chi connectivity index (χ0) is 13.3. The lowest BCUT2D eigenvalue weighted by Gasteiger charge is -2.09. The molecule has 0 fully saturated rings. The largest absolute Gasteiger partial charge is 0.480 e. The highest BCUT2D eigenvalue weighted by Gasteiger charge is 2.17. The third kappa shape index (κ3) is 7.40. The summed E-state index contributed by atoms with van der Waals surface area (Å²) in [6.07, 6.45) is 1.91. The lowest BCUT2D eigenvalue weighted by atomic mass is 10.3. The number of aliphatic carboxylic acids is 1. The summed E-state index contributed by atoms with van der Waals surface area (Å²) in [7, 11) is 0. The molecule has 0 saturated heterocycles. The van der Waals surface area contributed by atoms with Crippen LogP contribution >= 0.6 is 11.8 Å². The normalized spacial score (nSPS) is 11.4. The van der Waals surface area contributed by atoms with Crippen LogP contribution in [0, 0.1) is 0 Å². The van der Waals surface area contributed by atoms with Gasteiger partial charge in [-0.1, -0.05) is 13.0 Å². The number of thioether (sulfide) groups is 1. The zero-order valence-electron chi connectivity index (χ0n) is 9.56. The van der Waals surface area contributed by atoms with Gasteiger partial charge in [0.1, 0.15) is 5.25 Å². The summed E-state index contributed by atoms with van der Waals surface area (Å²) in [5.74, 6) is -1.54. The molecule has 0 rings (SSSR count). The molecule has 3 amide bonds. The van der Waals surface area contributed by atoms with E-state index in [0.717, 1.165) is 11.8 Å². The summed E-state index contributed by atoms with van der Waals surface area (Å²) in [4.78, 5) is 33.0. The van der Waals surface area contributed by atoms with Crippen molar-refractivity contribution in [3.8, 4) is 0 Å². The number of carboxylic acids is 1. The molecule has 0 aromatic heterocycles. The van der Waals surface area contributed by atoms with Crippen LogP contribution in [0.25, 0.3) is 0 Å². The van der Waals surface area contributed by atoms with Gasteiger partial charge in [-0.2, -0.15) is 0 Å². The number of rotatable bonds is 7. The molecule has 0 aliphatic carbocycles. The number of amides is 3. The lowest BCUT2D eigenvalue weighted by molar-refractivity contribution is -0.136. The summed E-state index contributed by atoms with van der Waals surface area (Å²) < 4.78 is 0. The highest BCUT2D eigenvalue weighted by Crippen LogP contribution is 2.13. The molecule has 0 aliphatic rings. The van der Waals surface area contributed by atoms with E-state index < -0.39 is 23.2 Å². The molecule has 0 spiro atoms. The Kier molecular flexibility index (Phi) is 7.87. The molecular weight excluding hydrogens is 244 g/mol. The van der Waals surface area contributed by atoms with E-state index in [-0.39, 0.29) is 12.3 Å². The van der Waals surface area contributed by atoms with Crippen molar-refractivity contribution < 1.29 is 19.5 Å². The Morgan fingerprint density at radius 1 is 1.47 bits per heavy atom. The van der Waals surface area contributed by atoms with Crippen molar-refractivity contribution in [3.05, 3.63) is 12.7 Å². The van der Waals surface area contributed by atoms with Gasteiger partial charge in [-0.25, -0.2) is 4.79 Å². The van der Waals surface area contributed by atoms with Crippen LogP contribution in [0.15, 0.2) is 12.7 Å². The molecule has 1 unspecified atom stereocenters. The molecule has 0 aromatic carbocycles. The van der Waals surface area contributed by atoms with Crippen molar-refractivity contribution in [1.29, 1.82) is 0 Å². The minimum absolute atomic E-state index is 0.0632. The van der Waals surface area contributed by atoms with Crippen molar-refractivity contribution in [3.63, 3.8) is 0 Å². The molecule has 17 heavy (non-hydrogen) atoms. The fraction of sp³-hybridized carbons (Fsp3) is 0.500. The van der Waals surface area contributed by atoms with Gasteiger partial charge in [0.2, 0.25) is 5.91 Å². The number of hydrogen-bond acceptors (Lipinski definition) is 4. The highest BCUT2D eigenvalue weighted by atomic mass is 32.2. The average Bonchev–Trinajstić information content (AvgIpc) is 2.26. The predicted octanol–water partition coefficient (Wildman–Crippen LogP) is 0.595. The third-order valence-electron chi connectivity index (χ3n) is 1.72. The predicted molar refractivity (Wildman–Crippen MR) is 65.9 cm³/mol. The first-order valence-electron chi connectivity index (χ1n) is 5.04. The second kappa shape index (κ2) is 8.63. The number of carboxylic acid groups (broad SMARTS) is 1. The maximum atomic E-state index is 11.2. The van der Waals surface area contributed by atoms with Gasteiger partial charge in [0.15, 0.2) is 0 Å². The Bertz CT molecular complexity index is 307. The molecule has 0 aromatic rings. The summed E-state index contributed by atoms with van der Waals surface area (Å²) in [6, 6.07) is -0.612. The molecular formula is C10H16N2O4S. The smallest absolute Gasteiger partial charge is 0.321 e. The second-order valence-electron chi connectivity index (χ2n) is 3.09. The number of carbonyl (C=O) groups excluding carboxylic acids is 2. The van der Waals surface area contributed by atoms with E-state index in [1.165, 1.54) is 6.08 Å². The standard InChI is InChI=1S/C10H16N2O4S/c1-3-5-11-10(16)12-8(13)6-17-7(4-2)9(14)15/h3,7H,1,4-6H2,2H3,(H,14,15)(H2,11,12,13,16). The van der Waals surface area contributed by atoms with E-state index in [0.29, 0.717) is 6.42 Å². The molecule has 0 bridgehead atoms. The molecule has 0 saturated carbocycles. The fourth-order valence-corrected chi connectivity index (χ4v) is 1.71. The van der Waals surface area contributed by atoms with E-state index >= 15 is 0 Å². The topological polar surface area (TPSA) is 95.5 Å². The Morgan fingerprint density at radius 3 is 2.59 bits per heavy atom. The molecule has 7 heteroatoms. The number of nitrogens with one attached hydrogen (secondary N) is 2. The minimum Gasteiger partial charge on any atom is -0.480 e. The first-order valence-corrected chi connectivity index (χ1v) is 6.09. The number of hydrogen-bond donors (Lipinski definition) is 3. The molecule has 96 valence electrons. The maximum Gasteiger partial charge on any atom is 0.321 e. The van der Waals surface area contributed by atoms with Crippen LogP contribution < -0.4 is 10.6 Å². The van der Waals surface area contributed by atoms with Gasteiger partial charge >= 0.3 is 12.0 Å². The van der Waals surface area contributed by atoms with Gasteiger partial charge in [0, 0.05) is 6.54 Å². The Labute approximate surface area is 104 Å². The van der Waals surface area contributed by atoms with Crippen molar-refractivity contribution in [2.24, 2.45) is 0 Å². The van der Waals surface area contributed by atoms with Crippen molar-refractivity contribution in [2.75, 3.05) is 12.3 Å². The lowest BCUT2D eigenvalue weighted by Crippen LogP contribution is -2.40. The van der Waals surface area contributed by atoms with Crippen LogP contribution in [0.1, 0.15) is 13.3 Å². The molecule has 0 aliphatic heterocycles. The van der Waals surface area contributed by atoms with E-state index in [1.54, 1.807) is 6.92 Å². The van der Waals surface area contributed by atoms with Gasteiger partial charge in [-0.15, -0.1) is 18.3 Å².